The molecule has 0 atom stereocenters. The summed E-state index contributed by atoms with van der Waals surface area (Å²) in [5.74, 6) is 1.78. The van der Waals surface area contributed by atoms with E-state index in [1.165, 1.54) is 0 Å². The molecule has 0 amide bonds. The molecule has 2 aromatic heterocycles. The van der Waals surface area contributed by atoms with E-state index in [0.29, 0.717) is 22.0 Å². The highest BCUT2D eigenvalue weighted by atomic mass is 16.5. The van der Waals surface area contributed by atoms with Gasteiger partial charge in [-0.1, -0.05) is 18.2 Å². The molecule has 162 valence electrons. The van der Waals surface area contributed by atoms with E-state index in [0.717, 1.165) is 43.0 Å². The van der Waals surface area contributed by atoms with E-state index in [4.69, 9.17) is 15.6 Å². The minimum absolute atomic E-state index is 0.198. The molecule has 1 spiro atoms. The average molecular weight is 428 g/mol. The van der Waals surface area contributed by atoms with Gasteiger partial charge in [0, 0.05) is 18.7 Å². The fourth-order valence-electron chi connectivity index (χ4n) is 5.36. The number of nitrogens with two attached hydrogens (primary N) is 1. The standard InChI is InChI=1S/C24H24N6O2/c1-29-13-24(14-29)11-16(12-24)30-21-19(22(25)26-27-23(21)31)20(28-30)15-7-9-18(10-8-15)32-17-5-3-2-4-6-17/h2-10,16H,11-14H2,1H3,(H2,25,26)(H,27,31). The van der Waals surface area contributed by atoms with Crippen LogP contribution in [0.4, 0.5) is 5.82 Å². The normalized spacial score (nSPS) is 17.9. The molecular formula is C24H24N6O2. The third kappa shape index (κ3) is 2.98. The SMILES string of the molecule is CN1CC2(CC(n3nc(-c4ccc(Oc5ccccc5)cc4)c4c(N)n[nH]c(=O)c43)C2)C1. The minimum atomic E-state index is -0.261. The number of anilines is 1. The number of ether oxygens (including phenoxy) is 1. The molecule has 0 bridgehead atoms. The van der Waals surface area contributed by atoms with Gasteiger partial charge < -0.3 is 15.4 Å². The van der Waals surface area contributed by atoms with E-state index >= 15 is 0 Å². The predicted octanol–water partition coefficient (Wildman–Crippen LogP) is 3.43. The number of para-hydroxylation sites is 1. The van der Waals surface area contributed by atoms with Crippen molar-refractivity contribution in [1.29, 1.82) is 0 Å². The van der Waals surface area contributed by atoms with E-state index in [2.05, 4.69) is 22.1 Å². The molecule has 6 rings (SSSR count). The van der Waals surface area contributed by atoms with Crippen LogP contribution in [0, 0.1) is 5.41 Å². The smallest absolute Gasteiger partial charge is 0.290 e. The summed E-state index contributed by atoms with van der Waals surface area (Å²) >= 11 is 0. The van der Waals surface area contributed by atoms with Gasteiger partial charge in [0.15, 0.2) is 5.82 Å². The Labute approximate surface area is 184 Å². The fourth-order valence-corrected chi connectivity index (χ4v) is 5.36. The maximum Gasteiger partial charge on any atom is 0.290 e. The van der Waals surface area contributed by atoms with Crippen molar-refractivity contribution in [2.24, 2.45) is 5.41 Å². The van der Waals surface area contributed by atoms with Crippen LogP contribution < -0.4 is 16.0 Å². The molecular weight excluding hydrogens is 404 g/mol. The number of aromatic nitrogens is 4. The molecule has 3 heterocycles. The second kappa shape index (κ2) is 6.93. The first-order valence-corrected chi connectivity index (χ1v) is 10.8. The molecule has 0 unspecified atom stereocenters. The fraction of sp³-hybridized carbons (Fsp3) is 0.292. The van der Waals surface area contributed by atoms with Crippen molar-refractivity contribution in [2.45, 2.75) is 18.9 Å². The largest absolute Gasteiger partial charge is 0.457 e. The third-order valence-electron chi connectivity index (χ3n) is 6.66. The molecule has 2 aromatic carbocycles. The summed E-state index contributed by atoms with van der Waals surface area (Å²) in [5, 5.41) is 12.0. The molecule has 0 radical (unpaired) electrons. The van der Waals surface area contributed by atoms with Gasteiger partial charge in [-0.15, -0.1) is 0 Å². The van der Waals surface area contributed by atoms with Crippen LogP contribution in [0.5, 0.6) is 11.5 Å². The maximum absolute atomic E-state index is 12.7. The average Bonchev–Trinajstić information content (AvgIpc) is 3.15. The van der Waals surface area contributed by atoms with Crippen LogP contribution in [0.1, 0.15) is 18.9 Å². The predicted molar refractivity (Wildman–Crippen MR) is 123 cm³/mol. The number of nitrogen functional groups attached to an aromatic ring is 1. The first-order chi connectivity index (χ1) is 15.5. The summed E-state index contributed by atoms with van der Waals surface area (Å²) in [6, 6.07) is 17.5. The zero-order valence-corrected chi connectivity index (χ0v) is 17.8. The zero-order chi connectivity index (χ0) is 21.9. The van der Waals surface area contributed by atoms with Crippen LogP contribution in [0.25, 0.3) is 22.2 Å². The lowest BCUT2D eigenvalue weighted by Crippen LogP contribution is -2.60. The molecule has 1 aliphatic carbocycles. The Bertz CT molecular complexity index is 1350. The summed E-state index contributed by atoms with van der Waals surface area (Å²) in [7, 11) is 2.14. The Kier molecular flexibility index (Phi) is 4.13. The van der Waals surface area contributed by atoms with E-state index in [1.807, 2.05) is 59.3 Å². The van der Waals surface area contributed by atoms with Crippen molar-refractivity contribution in [3.8, 4) is 22.8 Å². The van der Waals surface area contributed by atoms with Crippen molar-refractivity contribution < 1.29 is 4.74 Å². The van der Waals surface area contributed by atoms with Gasteiger partial charge in [-0.2, -0.15) is 10.2 Å². The van der Waals surface area contributed by atoms with Crippen LogP contribution in [0.15, 0.2) is 59.4 Å². The van der Waals surface area contributed by atoms with E-state index in [9.17, 15) is 4.79 Å². The van der Waals surface area contributed by atoms with Crippen molar-refractivity contribution in [1.82, 2.24) is 24.9 Å². The zero-order valence-electron chi connectivity index (χ0n) is 17.8. The summed E-state index contributed by atoms with van der Waals surface area (Å²) in [6.07, 6.45) is 2.05. The Balaban J connectivity index is 1.36. The number of aromatic amines is 1. The summed E-state index contributed by atoms with van der Waals surface area (Å²) in [6.45, 7) is 2.22. The molecule has 1 saturated carbocycles. The lowest BCUT2D eigenvalue weighted by Gasteiger charge is -2.58. The third-order valence-corrected chi connectivity index (χ3v) is 6.66. The van der Waals surface area contributed by atoms with Gasteiger partial charge in [0.1, 0.15) is 22.7 Å². The highest BCUT2D eigenvalue weighted by Crippen LogP contribution is 2.54. The molecule has 3 N–H and O–H groups in total. The second-order valence-electron chi connectivity index (χ2n) is 9.13. The number of likely N-dealkylation sites (tertiary alicyclic amines) is 1. The molecule has 8 heteroatoms. The second-order valence-corrected chi connectivity index (χ2v) is 9.13. The van der Waals surface area contributed by atoms with Gasteiger partial charge in [0.05, 0.1) is 11.4 Å². The first kappa shape index (κ1) is 19.1. The minimum Gasteiger partial charge on any atom is -0.457 e. The van der Waals surface area contributed by atoms with Crippen LogP contribution >= 0.6 is 0 Å². The highest BCUT2D eigenvalue weighted by Gasteiger charge is 2.52. The number of H-pyrrole nitrogens is 1. The maximum atomic E-state index is 12.7. The number of nitrogens with one attached hydrogen (secondary N) is 1. The summed E-state index contributed by atoms with van der Waals surface area (Å²) in [4.78, 5) is 15.1. The van der Waals surface area contributed by atoms with Gasteiger partial charge in [-0.25, -0.2) is 5.10 Å². The quantitative estimate of drug-likeness (QED) is 0.516. The molecule has 2 fully saturated rings. The molecule has 4 aromatic rings. The molecule has 32 heavy (non-hydrogen) atoms. The van der Waals surface area contributed by atoms with Gasteiger partial charge in [0.2, 0.25) is 0 Å². The highest BCUT2D eigenvalue weighted by molar-refractivity contribution is 5.99. The van der Waals surface area contributed by atoms with Crippen LogP contribution in [0.2, 0.25) is 0 Å². The Morgan fingerprint density at radius 1 is 1.06 bits per heavy atom. The van der Waals surface area contributed by atoms with Crippen molar-refractivity contribution in [3.05, 3.63) is 65.0 Å². The van der Waals surface area contributed by atoms with E-state index < -0.39 is 0 Å². The number of hydrogen-bond acceptors (Lipinski definition) is 6. The van der Waals surface area contributed by atoms with Gasteiger partial charge in [-0.05, 0) is 61.7 Å². The topological polar surface area (TPSA) is 102 Å². The van der Waals surface area contributed by atoms with Crippen LogP contribution in [0.3, 0.4) is 0 Å². The van der Waals surface area contributed by atoms with Crippen molar-refractivity contribution >= 4 is 16.7 Å². The Morgan fingerprint density at radius 2 is 1.75 bits per heavy atom. The molecule has 8 nitrogen and oxygen atoms in total. The number of nitrogens with zero attached hydrogens (tertiary/aromatic N) is 4. The molecule has 1 aliphatic heterocycles. The summed E-state index contributed by atoms with van der Waals surface area (Å²) < 4.78 is 7.77. The van der Waals surface area contributed by atoms with Crippen LogP contribution in [-0.2, 0) is 0 Å². The summed E-state index contributed by atoms with van der Waals surface area (Å²) in [5.41, 5.74) is 8.37. The lowest BCUT2D eigenvalue weighted by atomic mass is 9.61. The number of hydrogen-bond donors (Lipinski definition) is 2. The van der Waals surface area contributed by atoms with Gasteiger partial charge >= 0.3 is 0 Å². The Morgan fingerprint density at radius 3 is 2.44 bits per heavy atom. The number of rotatable bonds is 4. The van der Waals surface area contributed by atoms with Crippen molar-refractivity contribution in [2.75, 3.05) is 25.9 Å². The first-order valence-electron chi connectivity index (χ1n) is 10.8. The lowest BCUT2D eigenvalue weighted by molar-refractivity contribution is -0.0775. The Hall–Kier alpha value is -3.65. The van der Waals surface area contributed by atoms with Crippen LogP contribution in [-0.4, -0.2) is 45.0 Å². The van der Waals surface area contributed by atoms with E-state index in [-0.39, 0.29) is 17.4 Å². The number of benzene rings is 2. The number of fused-ring (bicyclic) bond motifs is 1. The molecule has 1 saturated heterocycles. The molecule has 2 aliphatic rings. The van der Waals surface area contributed by atoms with E-state index in [1.54, 1.807) is 0 Å². The van der Waals surface area contributed by atoms with Gasteiger partial charge in [0.25, 0.3) is 5.56 Å². The van der Waals surface area contributed by atoms with Crippen molar-refractivity contribution in [3.63, 3.8) is 0 Å². The monoisotopic (exact) mass is 428 g/mol. The van der Waals surface area contributed by atoms with Gasteiger partial charge in [-0.3, -0.25) is 9.48 Å².